The van der Waals surface area contributed by atoms with Crippen LogP contribution in [0.1, 0.15) is 51.1 Å². The van der Waals surface area contributed by atoms with E-state index in [9.17, 15) is 5.11 Å². The number of hydrogen-bond donors (Lipinski definition) is 1. The van der Waals surface area contributed by atoms with Crippen LogP contribution >= 0.6 is 11.3 Å². The molecule has 2 aromatic rings. The zero-order valence-electron chi connectivity index (χ0n) is 14.7. The molecular formula is C19H23N3OS. The van der Waals surface area contributed by atoms with Crippen LogP contribution in [0.5, 0.6) is 5.88 Å². The molecule has 126 valence electrons. The molecule has 1 N–H and O–H groups in total. The fourth-order valence-corrected chi connectivity index (χ4v) is 4.04. The van der Waals surface area contributed by atoms with Gasteiger partial charge in [-0.25, -0.2) is 0 Å². The van der Waals surface area contributed by atoms with Crippen molar-refractivity contribution in [1.82, 2.24) is 4.57 Å². The Morgan fingerprint density at radius 2 is 1.92 bits per heavy atom. The van der Waals surface area contributed by atoms with E-state index in [-0.39, 0.29) is 18.0 Å². The van der Waals surface area contributed by atoms with Crippen LogP contribution in [0.25, 0.3) is 11.6 Å². The van der Waals surface area contributed by atoms with Gasteiger partial charge in [0, 0.05) is 28.9 Å². The molecule has 2 heterocycles. The SMILES string of the molecule is CC1=Nc2ccccc2C1=Cc1sc(=NC(C)C)n(C(C)C)c1O. The number of aromatic hydroxyl groups is 1. The number of rotatable bonds is 3. The molecule has 0 fully saturated rings. The smallest absolute Gasteiger partial charge is 0.211 e. The van der Waals surface area contributed by atoms with Crippen molar-refractivity contribution >= 4 is 34.4 Å². The van der Waals surface area contributed by atoms with Gasteiger partial charge < -0.3 is 5.11 Å². The van der Waals surface area contributed by atoms with Gasteiger partial charge in [-0.2, -0.15) is 0 Å². The number of para-hydroxylation sites is 1. The number of hydrogen-bond acceptors (Lipinski definition) is 4. The number of fused-ring (bicyclic) bond motifs is 1. The number of benzene rings is 1. The van der Waals surface area contributed by atoms with Crippen LogP contribution in [-0.4, -0.2) is 21.4 Å². The molecule has 0 bridgehead atoms. The summed E-state index contributed by atoms with van der Waals surface area (Å²) in [6.07, 6.45) is 2.03. The predicted octanol–water partition coefficient (Wildman–Crippen LogP) is 4.79. The molecule has 1 aromatic heterocycles. The lowest BCUT2D eigenvalue weighted by atomic mass is 10.0. The minimum absolute atomic E-state index is 0.150. The summed E-state index contributed by atoms with van der Waals surface area (Å²) >= 11 is 1.52. The van der Waals surface area contributed by atoms with Gasteiger partial charge in [0.15, 0.2) is 4.80 Å². The third-order valence-electron chi connectivity index (χ3n) is 3.89. The summed E-state index contributed by atoms with van der Waals surface area (Å²) in [6.45, 7) is 10.2. The molecule has 0 unspecified atom stereocenters. The van der Waals surface area contributed by atoms with Gasteiger partial charge in [-0.1, -0.05) is 29.5 Å². The second kappa shape index (κ2) is 6.40. The van der Waals surface area contributed by atoms with Gasteiger partial charge in [0.1, 0.15) is 0 Å². The Morgan fingerprint density at radius 1 is 1.21 bits per heavy atom. The van der Waals surface area contributed by atoms with Crippen molar-refractivity contribution in [1.29, 1.82) is 0 Å². The Bertz CT molecular complexity index is 898. The van der Waals surface area contributed by atoms with E-state index < -0.39 is 0 Å². The van der Waals surface area contributed by atoms with E-state index in [1.54, 1.807) is 0 Å². The van der Waals surface area contributed by atoms with Crippen LogP contribution in [0.2, 0.25) is 0 Å². The Morgan fingerprint density at radius 3 is 2.58 bits per heavy atom. The first-order chi connectivity index (χ1) is 11.4. The molecule has 0 atom stereocenters. The van der Waals surface area contributed by atoms with Crippen LogP contribution in [0.3, 0.4) is 0 Å². The quantitative estimate of drug-likeness (QED) is 0.857. The maximum absolute atomic E-state index is 10.7. The summed E-state index contributed by atoms with van der Waals surface area (Å²) < 4.78 is 1.89. The van der Waals surface area contributed by atoms with E-state index in [2.05, 4.69) is 29.9 Å². The van der Waals surface area contributed by atoms with Crippen molar-refractivity contribution in [2.45, 2.75) is 46.7 Å². The van der Waals surface area contributed by atoms with Crippen LogP contribution in [0, 0.1) is 0 Å². The highest BCUT2D eigenvalue weighted by Crippen LogP contribution is 2.37. The van der Waals surface area contributed by atoms with Gasteiger partial charge in [0.2, 0.25) is 5.88 Å². The van der Waals surface area contributed by atoms with Gasteiger partial charge in [0.05, 0.1) is 10.6 Å². The molecule has 4 nitrogen and oxygen atoms in total. The summed E-state index contributed by atoms with van der Waals surface area (Å²) in [5, 5.41) is 10.7. The number of nitrogens with zero attached hydrogens (tertiary/aromatic N) is 3. The maximum Gasteiger partial charge on any atom is 0.211 e. The molecule has 0 spiro atoms. The molecule has 0 radical (unpaired) electrons. The summed E-state index contributed by atoms with van der Waals surface area (Å²) in [7, 11) is 0. The van der Waals surface area contributed by atoms with Crippen LogP contribution in [-0.2, 0) is 0 Å². The molecule has 1 aliphatic rings. The topological polar surface area (TPSA) is 49.9 Å². The molecule has 1 aliphatic heterocycles. The maximum atomic E-state index is 10.7. The first-order valence-electron chi connectivity index (χ1n) is 8.23. The monoisotopic (exact) mass is 341 g/mol. The molecule has 3 rings (SSSR count). The minimum atomic E-state index is 0.150. The Labute approximate surface area is 146 Å². The molecular weight excluding hydrogens is 318 g/mol. The van der Waals surface area contributed by atoms with Crippen molar-refractivity contribution < 1.29 is 5.11 Å². The van der Waals surface area contributed by atoms with E-state index in [1.165, 1.54) is 11.3 Å². The van der Waals surface area contributed by atoms with Crippen LogP contribution < -0.4 is 4.80 Å². The Balaban J connectivity index is 2.17. The molecule has 0 aliphatic carbocycles. The summed E-state index contributed by atoms with van der Waals surface area (Å²) in [6, 6.07) is 8.43. The van der Waals surface area contributed by atoms with E-state index >= 15 is 0 Å². The van der Waals surface area contributed by atoms with E-state index in [0.717, 1.165) is 32.2 Å². The van der Waals surface area contributed by atoms with Gasteiger partial charge in [0.25, 0.3) is 0 Å². The largest absolute Gasteiger partial charge is 0.493 e. The van der Waals surface area contributed by atoms with Crippen molar-refractivity contribution in [3.8, 4) is 5.88 Å². The van der Waals surface area contributed by atoms with Crippen molar-refractivity contribution in [3.05, 3.63) is 39.5 Å². The standard InChI is InChI=1S/C19H23N3OS/c1-11(2)20-19-22(12(3)4)18(23)17(24-19)10-15-13(5)21-16-9-7-6-8-14(15)16/h6-12,23H,1-5H3. The number of aliphatic imine (C=N–C) groups is 1. The minimum Gasteiger partial charge on any atom is -0.493 e. The summed E-state index contributed by atoms with van der Waals surface area (Å²) in [5.41, 5.74) is 4.14. The van der Waals surface area contributed by atoms with Gasteiger partial charge in [-0.05, 0) is 46.8 Å². The zero-order valence-corrected chi connectivity index (χ0v) is 15.6. The average Bonchev–Trinajstić information content (AvgIpc) is 2.97. The molecule has 24 heavy (non-hydrogen) atoms. The molecule has 0 saturated carbocycles. The van der Waals surface area contributed by atoms with E-state index in [0.29, 0.717) is 0 Å². The fourth-order valence-electron chi connectivity index (χ4n) is 2.82. The highest BCUT2D eigenvalue weighted by molar-refractivity contribution is 7.10. The summed E-state index contributed by atoms with van der Waals surface area (Å²) in [4.78, 5) is 11.0. The van der Waals surface area contributed by atoms with Gasteiger partial charge in [-0.15, -0.1) is 0 Å². The Hall–Kier alpha value is -2.14. The molecule has 0 saturated heterocycles. The molecule has 1 aromatic carbocycles. The third-order valence-corrected chi connectivity index (χ3v) is 4.89. The van der Waals surface area contributed by atoms with Crippen LogP contribution in [0.4, 0.5) is 5.69 Å². The number of thiazole rings is 1. The number of aromatic nitrogens is 1. The Kier molecular flexibility index (Phi) is 4.45. The summed E-state index contributed by atoms with van der Waals surface area (Å²) in [5.74, 6) is 0.277. The first kappa shape index (κ1) is 16.7. The lowest BCUT2D eigenvalue weighted by Crippen LogP contribution is -2.18. The second-order valence-corrected chi connectivity index (χ2v) is 7.54. The van der Waals surface area contributed by atoms with Crippen molar-refractivity contribution in [2.24, 2.45) is 9.98 Å². The highest BCUT2D eigenvalue weighted by Gasteiger charge is 2.20. The average molecular weight is 341 g/mol. The normalized spacial score (nSPS) is 16.4. The third kappa shape index (κ3) is 2.96. The lowest BCUT2D eigenvalue weighted by molar-refractivity contribution is 0.392. The van der Waals surface area contributed by atoms with Crippen molar-refractivity contribution in [3.63, 3.8) is 0 Å². The van der Waals surface area contributed by atoms with Gasteiger partial charge >= 0.3 is 0 Å². The van der Waals surface area contributed by atoms with Crippen molar-refractivity contribution in [2.75, 3.05) is 0 Å². The van der Waals surface area contributed by atoms with Gasteiger partial charge in [-0.3, -0.25) is 14.6 Å². The predicted molar refractivity (Wildman–Crippen MR) is 102 cm³/mol. The van der Waals surface area contributed by atoms with Crippen LogP contribution in [0.15, 0.2) is 34.3 Å². The fraction of sp³-hybridized carbons (Fsp3) is 0.368. The van der Waals surface area contributed by atoms with E-state index in [1.807, 2.05) is 49.6 Å². The first-order valence-corrected chi connectivity index (χ1v) is 9.05. The number of allylic oxidation sites excluding steroid dienone is 1. The second-order valence-electron chi connectivity index (χ2n) is 6.53. The highest BCUT2D eigenvalue weighted by atomic mass is 32.1. The molecule has 5 heteroatoms. The van der Waals surface area contributed by atoms with E-state index in [4.69, 9.17) is 0 Å². The lowest BCUT2D eigenvalue weighted by Gasteiger charge is -2.09. The zero-order chi connectivity index (χ0) is 17.4. The molecule has 0 amide bonds.